The van der Waals surface area contributed by atoms with Gasteiger partial charge in [-0.1, -0.05) is 49.7 Å². The quantitative estimate of drug-likeness (QED) is 0.650. The van der Waals surface area contributed by atoms with Gasteiger partial charge in [-0.3, -0.25) is 4.79 Å². The monoisotopic (exact) mass is 253 g/mol. The van der Waals surface area contributed by atoms with Gasteiger partial charge in [-0.15, -0.1) is 0 Å². The Bertz CT molecular complexity index is 558. The summed E-state index contributed by atoms with van der Waals surface area (Å²) < 4.78 is 0. The predicted molar refractivity (Wildman–Crippen MR) is 79.3 cm³/mol. The number of nitrogens with two attached hydrogens (primary N) is 1. The summed E-state index contributed by atoms with van der Waals surface area (Å²) in [6, 6.07) is 15.0. The van der Waals surface area contributed by atoms with Crippen molar-refractivity contribution >= 4 is 11.5 Å². The van der Waals surface area contributed by atoms with Crippen molar-refractivity contribution < 1.29 is 4.79 Å². The Morgan fingerprint density at radius 1 is 1.05 bits per heavy atom. The topological polar surface area (TPSA) is 43.1 Å². The fraction of sp³-hybridized carbons (Fsp3) is 0.235. The molecule has 0 saturated carbocycles. The molecular weight excluding hydrogens is 234 g/mol. The maximum atomic E-state index is 12.3. The van der Waals surface area contributed by atoms with Gasteiger partial charge in [-0.25, -0.2) is 0 Å². The number of anilines is 1. The van der Waals surface area contributed by atoms with Gasteiger partial charge >= 0.3 is 0 Å². The molecule has 0 heterocycles. The molecule has 0 amide bonds. The molecular formula is C17H19NO. The number of hydrogen-bond acceptors (Lipinski definition) is 2. The molecule has 0 aliphatic carbocycles. The molecule has 2 nitrogen and oxygen atoms in total. The summed E-state index contributed by atoms with van der Waals surface area (Å²) in [5, 5.41) is 0. The van der Waals surface area contributed by atoms with Crippen LogP contribution in [-0.4, -0.2) is 5.78 Å². The number of rotatable bonds is 5. The highest BCUT2D eigenvalue weighted by atomic mass is 16.1. The molecule has 19 heavy (non-hydrogen) atoms. The van der Waals surface area contributed by atoms with Gasteiger partial charge in [0, 0.05) is 16.8 Å². The summed E-state index contributed by atoms with van der Waals surface area (Å²) in [4.78, 5) is 12.3. The van der Waals surface area contributed by atoms with E-state index < -0.39 is 0 Å². The minimum absolute atomic E-state index is 0.0225. The zero-order valence-corrected chi connectivity index (χ0v) is 11.2. The van der Waals surface area contributed by atoms with Crippen molar-refractivity contribution in [2.45, 2.75) is 26.2 Å². The van der Waals surface area contributed by atoms with E-state index >= 15 is 0 Å². The average molecular weight is 253 g/mol. The van der Waals surface area contributed by atoms with Crippen molar-refractivity contribution in [2.24, 2.45) is 0 Å². The molecule has 0 bridgehead atoms. The molecule has 2 aromatic carbocycles. The summed E-state index contributed by atoms with van der Waals surface area (Å²) >= 11 is 0. The summed E-state index contributed by atoms with van der Waals surface area (Å²) in [7, 11) is 0. The van der Waals surface area contributed by atoms with Crippen LogP contribution in [0.4, 0.5) is 5.69 Å². The Morgan fingerprint density at radius 2 is 1.79 bits per heavy atom. The maximum absolute atomic E-state index is 12.3. The fourth-order valence-corrected chi connectivity index (χ4v) is 2.05. The van der Waals surface area contributed by atoms with E-state index in [0.717, 1.165) is 6.42 Å². The summed E-state index contributed by atoms with van der Waals surface area (Å²) in [5.74, 6) is 0.0225. The normalized spacial score (nSPS) is 10.4. The first-order chi connectivity index (χ1) is 9.20. The molecule has 0 aliphatic heterocycles. The van der Waals surface area contributed by atoms with Gasteiger partial charge in [-0.05, 0) is 30.5 Å². The van der Waals surface area contributed by atoms with Gasteiger partial charge in [0.15, 0.2) is 5.78 Å². The molecule has 0 saturated heterocycles. The molecule has 0 aliphatic rings. The van der Waals surface area contributed by atoms with E-state index in [0.29, 0.717) is 16.8 Å². The zero-order valence-electron chi connectivity index (χ0n) is 11.2. The maximum Gasteiger partial charge on any atom is 0.193 e. The molecule has 0 radical (unpaired) electrons. The van der Waals surface area contributed by atoms with Crippen LogP contribution in [0.3, 0.4) is 0 Å². The molecule has 0 atom stereocenters. The molecule has 0 aromatic heterocycles. The van der Waals surface area contributed by atoms with Crippen molar-refractivity contribution in [2.75, 3.05) is 5.73 Å². The Hall–Kier alpha value is -2.09. The van der Waals surface area contributed by atoms with E-state index in [1.54, 1.807) is 24.3 Å². The zero-order chi connectivity index (χ0) is 13.7. The number of hydrogen-bond donors (Lipinski definition) is 1. The highest BCUT2D eigenvalue weighted by molar-refractivity contribution is 6.09. The predicted octanol–water partition coefficient (Wildman–Crippen LogP) is 3.84. The van der Waals surface area contributed by atoms with Crippen molar-refractivity contribution in [3.63, 3.8) is 0 Å². The Balaban J connectivity index is 2.15. The van der Waals surface area contributed by atoms with E-state index in [4.69, 9.17) is 5.73 Å². The largest absolute Gasteiger partial charge is 0.399 e. The first-order valence-corrected chi connectivity index (χ1v) is 6.70. The van der Waals surface area contributed by atoms with Gasteiger partial charge in [0.2, 0.25) is 0 Å². The summed E-state index contributed by atoms with van der Waals surface area (Å²) in [5.41, 5.74) is 8.95. The number of ketones is 1. The van der Waals surface area contributed by atoms with E-state index in [-0.39, 0.29) is 5.78 Å². The number of aryl methyl sites for hydroxylation is 1. The van der Waals surface area contributed by atoms with E-state index in [9.17, 15) is 4.79 Å². The highest BCUT2D eigenvalue weighted by Gasteiger charge is 2.08. The molecule has 2 rings (SSSR count). The first-order valence-electron chi connectivity index (χ1n) is 6.70. The smallest absolute Gasteiger partial charge is 0.193 e. The summed E-state index contributed by atoms with van der Waals surface area (Å²) in [6.07, 6.45) is 3.44. The highest BCUT2D eigenvalue weighted by Crippen LogP contribution is 2.14. The molecule has 2 heteroatoms. The minimum atomic E-state index is 0.0225. The lowest BCUT2D eigenvalue weighted by Crippen LogP contribution is -2.02. The van der Waals surface area contributed by atoms with E-state index in [1.165, 1.54) is 18.4 Å². The lowest BCUT2D eigenvalue weighted by Gasteiger charge is -2.04. The average Bonchev–Trinajstić information content (AvgIpc) is 2.45. The van der Waals surface area contributed by atoms with Crippen molar-refractivity contribution in [1.29, 1.82) is 0 Å². The number of benzene rings is 2. The van der Waals surface area contributed by atoms with Gasteiger partial charge in [0.05, 0.1) is 0 Å². The lowest BCUT2D eigenvalue weighted by molar-refractivity contribution is 0.103. The lowest BCUT2D eigenvalue weighted by atomic mass is 10.0. The fourth-order valence-electron chi connectivity index (χ4n) is 2.05. The van der Waals surface area contributed by atoms with Gasteiger partial charge < -0.3 is 5.73 Å². The van der Waals surface area contributed by atoms with Gasteiger partial charge in [0.25, 0.3) is 0 Å². The molecule has 2 N–H and O–H groups in total. The molecule has 0 unspecified atom stereocenters. The summed E-state index contributed by atoms with van der Waals surface area (Å²) in [6.45, 7) is 2.18. The van der Waals surface area contributed by atoms with Crippen molar-refractivity contribution in [3.05, 3.63) is 65.2 Å². The van der Waals surface area contributed by atoms with E-state index in [1.807, 2.05) is 24.3 Å². The van der Waals surface area contributed by atoms with Crippen LogP contribution in [0, 0.1) is 0 Å². The van der Waals surface area contributed by atoms with Crippen LogP contribution in [0.25, 0.3) is 0 Å². The second-order valence-electron chi connectivity index (χ2n) is 4.76. The third-order valence-corrected chi connectivity index (χ3v) is 3.18. The second-order valence-corrected chi connectivity index (χ2v) is 4.76. The van der Waals surface area contributed by atoms with Crippen LogP contribution in [0.2, 0.25) is 0 Å². The third kappa shape index (κ3) is 3.44. The minimum Gasteiger partial charge on any atom is -0.399 e. The van der Waals surface area contributed by atoms with Crippen LogP contribution >= 0.6 is 0 Å². The number of carbonyl (C=O) groups is 1. The number of unbranched alkanes of at least 4 members (excludes halogenated alkanes) is 1. The molecule has 2 aromatic rings. The van der Waals surface area contributed by atoms with Crippen LogP contribution < -0.4 is 5.73 Å². The van der Waals surface area contributed by atoms with Gasteiger partial charge in [-0.2, -0.15) is 0 Å². The van der Waals surface area contributed by atoms with Crippen LogP contribution in [0.5, 0.6) is 0 Å². The Kier molecular flexibility index (Phi) is 4.35. The first kappa shape index (κ1) is 13.3. The third-order valence-electron chi connectivity index (χ3n) is 3.18. The van der Waals surface area contributed by atoms with Crippen LogP contribution in [0.15, 0.2) is 48.5 Å². The Labute approximate surface area is 114 Å². The van der Waals surface area contributed by atoms with E-state index in [2.05, 4.69) is 6.92 Å². The Morgan fingerprint density at radius 3 is 2.42 bits per heavy atom. The van der Waals surface area contributed by atoms with Gasteiger partial charge in [0.1, 0.15) is 0 Å². The van der Waals surface area contributed by atoms with Crippen LogP contribution in [-0.2, 0) is 6.42 Å². The second kappa shape index (κ2) is 6.19. The molecule has 0 fully saturated rings. The molecule has 98 valence electrons. The standard InChI is InChI=1S/C17H19NO/c1-2-3-5-13-8-10-14(11-9-13)17(19)15-6-4-7-16(18)12-15/h4,6-12H,2-3,5,18H2,1H3. The molecule has 0 spiro atoms. The van der Waals surface area contributed by atoms with Crippen molar-refractivity contribution in [1.82, 2.24) is 0 Å². The number of carbonyl (C=O) groups excluding carboxylic acids is 1. The number of nitrogen functional groups attached to an aromatic ring is 1. The van der Waals surface area contributed by atoms with Crippen LogP contribution in [0.1, 0.15) is 41.3 Å². The van der Waals surface area contributed by atoms with Crippen molar-refractivity contribution in [3.8, 4) is 0 Å². The SMILES string of the molecule is CCCCc1ccc(C(=O)c2cccc(N)c2)cc1.